The zero-order chi connectivity index (χ0) is 23.6. The van der Waals surface area contributed by atoms with E-state index in [1.54, 1.807) is 6.07 Å². The molecule has 1 aliphatic rings. The molecule has 0 bridgehead atoms. The van der Waals surface area contributed by atoms with Crippen molar-refractivity contribution in [3.8, 4) is 5.75 Å². The molecule has 4 nitrogen and oxygen atoms in total. The Kier molecular flexibility index (Phi) is 6.38. The molecular weight excluding hydrogens is 410 g/mol. The lowest BCUT2D eigenvalue weighted by Crippen LogP contribution is -2.34. The van der Waals surface area contributed by atoms with Gasteiger partial charge in [0.2, 0.25) is 0 Å². The van der Waals surface area contributed by atoms with Crippen LogP contribution in [-0.2, 0) is 17.3 Å². The number of benzene rings is 2. The van der Waals surface area contributed by atoms with Crippen LogP contribution in [0.25, 0.3) is 0 Å². The number of para-hydroxylation sites is 1. The number of amides is 1. The molecular formula is C29H35NO3. The summed E-state index contributed by atoms with van der Waals surface area (Å²) in [5.74, 6) is 1.71. The van der Waals surface area contributed by atoms with Gasteiger partial charge in [-0.1, -0.05) is 58.0 Å². The fourth-order valence-corrected chi connectivity index (χ4v) is 4.68. The first kappa shape index (κ1) is 23.2. The number of carbonyl (C=O) groups excluding carboxylic acids is 1. The fraction of sp³-hybridized carbons (Fsp3) is 0.414. The Morgan fingerprint density at radius 1 is 0.970 bits per heavy atom. The van der Waals surface area contributed by atoms with Crippen molar-refractivity contribution < 1.29 is 13.9 Å². The number of hydrogen-bond acceptors (Lipinski definition) is 3. The molecule has 1 N–H and O–H groups in total. The summed E-state index contributed by atoms with van der Waals surface area (Å²) in [6.45, 7) is 12.4. The molecule has 0 aliphatic heterocycles. The van der Waals surface area contributed by atoms with E-state index in [4.69, 9.17) is 9.15 Å². The van der Waals surface area contributed by atoms with Gasteiger partial charge in [0.05, 0.1) is 6.54 Å². The van der Waals surface area contributed by atoms with Crippen LogP contribution in [0.3, 0.4) is 0 Å². The minimum absolute atomic E-state index is 0.170. The highest BCUT2D eigenvalue weighted by Gasteiger charge is 2.37. The van der Waals surface area contributed by atoms with E-state index in [0.29, 0.717) is 25.3 Å². The molecule has 0 unspecified atom stereocenters. The Labute approximate surface area is 197 Å². The van der Waals surface area contributed by atoms with Gasteiger partial charge in [-0.15, -0.1) is 0 Å². The molecule has 3 aromatic rings. The zero-order valence-electron chi connectivity index (χ0n) is 20.5. The number of hydrogen-bond donors (Lipinski definition) is 1. The van der Waals surface area contributed by atoms with Gasteiger partial charge < -0.3 is 14.5 Å². The normalized spacial score (nSPS) is 16.2. The van der Waals surface area contributed by atoms with Gasteiger partial charge in [-0.2, -0.15) is 0 Å². The third-order valence-corrected chi connectivity index (χ3v) is 6.96. The predicted molar refractivity (Wildman–Crippen MR) is 132 cm³/mol. The molecule has 0 atom stereocenters. The second-order valence-corrected chi connectivity index (χ2v) is 10.5. The van der Waals surface area contributed by atoms with E-state index in [1.165, 1.54) is 35.1 Å². The van der Waals surface area contributed by atoms with Crippen molar-refractivity contribution in [2.75, 3.05) is 13.2 Å². The molecule has 4 heteroatoms. The van der Waals surface area contributed by atoms with E-state index in [2.05, 4.69) is 52.1 Å². The minimum atomic E-state index is -0.219. The summed E-state index contributed by atoms with van der Waals surface area (Å²) in [7, 11) is 0. The molecule has 1 heterocycles. The Hall–Kier alpha value is -3.01. The van der Waals surface area contributed by atoms with E-state index in [0.717, 1.165) is 11.5 Å². The Bertz CT molecular complexity index is 1130. The number of furan rings is 1. The maximum Gasteiger partial charge on any atom is 0.287 e. The highest BCUT2D eigenvalue weighted by Crippen LogP contribution is 2.46. The first-order chi connectivity index (χ1) is 15.7. The van der Waals surface area contributed by atoms with E-state index in [-0.39, 0.29) is 16.7 Å². The summed E-state index contributed by atoms with van der Waals surface area (Å²) in [4.78, 5) is 12.5. The van der Waals surface area contributed by atoms with Crippen molar-refractivity contribution in [3.63, 3.8) is 0 Å². The molecule has 1 aromatic heterocycles. The molecule has 1 aliphatic carbocycles. The zero-order valence-corrected chi connectivity index (χ0v) is 20.5. The van der Waals surface area contributed by atoms with Gasteiger partial charge in [0.25, 0.3) is 5.91 Å². The van der Waals surface area contributed by atoms with Gasteiger partial charge in [0.15, 0.2) is 5.76 Å². The van der Waals surface area contributed by atoms with Crippen LogP contribution in [0.4, 0.5) is 0 Å². The predicted octanol–water partition coefficient (Wildman–Crippen LogP) is 6.34. The highest BCUT2D eigenvalue weighted by atomic mass is 16.5. The molecule has 33 heavy (non-hydrogen) atoms. The summed E-state index contributed by atoms with van der Waals surface area (Å²) in [5, 5.41) is 2.86. The summed E-state index contributed by atoms with van der Waals surface area (Å²) >= 11 is 0. The maximum atomic E-state index is 12.5. The molecule has 0 fully saturated rings. The molecule has 0 saturated heterocycles. The third kappa shape index (κ3) is 5.16. The van der Waals surface area contributed by atoms with Gasteiger partial charge >= 0.3 is 0 Å². The topological polar surface area (TPSA) is 51.5 Å². The lowest BCUT2D eigenvalue weighted by Gasteiger charge is -2.42. The standard InChI is InChI=1S/C29H35NO3/c1-20-17-24-25(29(4,5)14-13-28(24,2)3)19-21(20)18-23-11-12-26(33-23)27(31)30-15-16-32-22-9-7-6-8-10-22/h6-12,17,19H,13-16,18H2,1-5H3,(H,30,31). The Morgan fingerprint density at radius 3 is 2.33 bits per heavy atom. The van der Waals surface area contributed by atoms with Crippen molar-refractivity contribution in [2.24, 2.45) is 0 Å². The number of fused-ring (bicyclic) bond motifs is 1. The maximum absolute atomic E-state index is 12.5. The van der Waals surface area contributed by atoms with Crippen molar-refractivity contribution in [2.45, 2.75) is 64.7 Å². The first-order valence-corrected chi connectivity index (χ1v) is 11.8. The van der Waals surface area contributed by atoms with E-state index in [9.17, 15) is 4.79 Å². The second-order valence-electron chi connectivity index (χ2n) is 10.5. The van der Waals surface area contributed by atoms with Gasteiger partial charge in [-0.05, 0) is 77.1 Å². The molecule has 174 valence electrons. The number of nitrogens with one attached hydrogen (secondary N) is 1. The van der Waals surface area contributed by atoms with Crippen molar-refractivity contribution in [3.05, 3.63) is 88.4 Å². The number of rotatable bonds is 7. The molecule has 4 rings (SSSR count). The first-order valence-electron chi connectivity index (χ1n) is 11.8. The van der Waals surface area contributed by atoms with E-state index >= 15 is 0 Å². The molecule has 2 aromatic carbocycles. The smallest absolute Gasteiger partial charge is 0.287 e. The van der Waals surface area contributed by atoms with E-state index in [1.807, 2.05) is 36.4 Å². The lowest BCUT2D eigenvalue weighted by atomic mass is 9.62. The van der Waals surface area contributed by atoms with Crippen LogP contribution in [0.5, 0.6) is 5.75 Å². The number of carbonyl (C=O) groups is 1. The van der Waals surface area contributed by atoms with Crippen LogP contribution >= 0.6 is 0 Å². The van der Waals surface area contributed by atoms with Crippen molar-refractivity contribution >= 4 is 5.91 Å². The summed E-state index contributed by atoms with van der Waals surface area (Å²) < 4.78 is 11.5. The average Bonchev–Trinajstić information content (AvgIpc) is 3.25. The fourth-order valence-electron chi connectivity index (χ4n) is 4.68. The lowest BCUT2D eigenvalue weighted by molar-refractivity contribution is 0.0917. The third-order valence-electron chi connectivity index (χ3n) is 6.96. The molecule has 1 amide bonds. The number of aryl methyl sites for hydroxylation is 1. The SMILES string of the molecule is Cc1cc2c(cc1Cc1ccc(C(=O)NCCOc3ccccc3)o1)C(C)(C)CCC2(C)C. The highest BCUT2D eigenvalue weighted by molar-refractivity contribution is 5.91. The Balaban J connectivity index is 1.41. The van der Waals surface area contributed by atoms with Crippen molar-refractivity contribution in [1.29, 1.82) is 0 Å². The molecule has 0 radical (unpaired) electrons. The van der Waals surface area contributed by atoms with E-state index < -0.39 is 0 Å². The minimum Gasteiger partial charge on any atom is -0.492 e. The quantitative estimate of drug-likeness (QED) is 0.432. The van der Waals surface area contributed by atoms with Crippen LogP contribution in [0.2, 0.25) is 0 Å². The average molecular weight is 446 g/mol. The van der Waals surface area contributed by atoms with Crippen LogP contribution in [0.1, 0.15) is 79.1 Å². The van der Waals surface area contributed by atoms with Crippen LogP contribution in [0.15, 0.2) is 59.0 Å². The van der Waals surface area contributed by atoms with Crippen LogP contribution in [0, 0.1) is 6.92 Å². The summed E-state index contributed by atoms with van der Waals surface area (Å²) in [6, 6.07) is 18.0. The molecule has 0 spiro atoms. The Morgan fingerprint density at radius 2 is 1.64 bits per heavy atom. The van der Waals surface area contributed by atoms with Crippen LogP contribution < -0.4 is 10.1 Å². The van der Waals surface area contributed by atoms with Gasteiger partial charge in [-0.25, -0.2) is 0 Å². The van der Waals surface area contributed by atoms with Crippen LogP contribution in [-0.4, -0.2) is 19.1 Å². The van der Waals surface area contributed by atoms with Crippen molar-refractivity contribution in [1.82, 2.24) is 5.32 Å². The second kappa shape index (κ2) is 9.09. The van der Waals surface area contributed by atoms with Gasteiger partial charge in [0, 0.05) is 6.42 Å². The van der Waals surface area contributed by atoms with Gasteiger partial charge in [0.1, 0.15) is 18.1 Å². The summed E-state index contributed by atoms with van der Waals surface area (Å²) in [6.07, 6.45) is 3.08. The van der Waals surface area contributed by atoms with Gasteiger partial charge in [-0.3, -0.25) is 4.79 Å². The molecule has 0 saturated carbocycles. The largest absolute Gasteiger partial charge is 0.492 e. The number of ether oxygens (including phenoxy) is 1. The summed E-state index contributed by atoms with van der Waals surface area (Å²) in [5.41, 5.74) is 5.83. The monoisotopic (exact) mass is 445 g/mol.